The van der Waals surface area contributed by atoms with Crippen LogP contribution < -0.4 is 10.6 Å². The van der Waals surface area contributed by atoms with Crippen LogP contribution in [-0.2, 0) is 17.9 Å². The first-order valence-corrected chi connectivity index (χ1v) is 9.39. The van der Waals surface area contributed by atoms with Gasteiger partial charge in [-0.25, -0.2) is 4.99 Å². The first-order chi connectivity index (χ1) is 12.0. The van der Waals surface area contributed by atoms with Gasteiger partial charge < -0.3 is 15.4 Å². The molecule has 0 bridgehead atoms. The maximum Gasteiger partial charge on any atom is 0.191 e. The van der Waals surface area contributed by atoms with Crippen molar-refractivity contribution in [1.29, 1.82) is 0 Å². The Morgan fingerprint density at radius 1 is 1.23 bits per heavy atom. The Bertz CT molecular complexity index is 547. The minimum atomic E-state index is 0. The molecule has 1 saturated heterocycles. The third-order valence-electron chi connectivity index (χ3n) is 4.79. The highest BCUT2D eigenvalue weighted by Crippen LogP contribution is 2.18. The molecule has 2 rings (SSSR count). The summed E-state index contributed by atoms with van der Waals surface area (Å²) in [7, 11) is 1.72. The zero-order chi connectivity index (χ0) is 18.2. The number of likely N-dealkylation sites (tertiary alicyclic amines) is 1. The van der Waals surface area contributed by atoms with Gasteiger partial charge in [0.25, 0.3) is 0 Å². The Morgan fingerprint density at radius 3 is 2.42 bits per heavy atom. The smallest absolute Gasteiger partial charge is 0.191 e. The molecule has 2 N–H and O–H groups in total. The first-order valence-electron chi connectivity index (χ1n) is 9.39. The third-order valence-corrected chi connectivity index (χ3v) is 4.79. The number of ether oxygens (including phenoxy) is 1. The van der Waals surface area contributed by atoms with E-state index in [1.165, 1.54) is 11.1 Å². The normalized spacial score (nSPS) is 20.9. The van der Waals surface area contributed by atoms with Gasteiger partial charge >= 0.3 is 0 Å². The standard InChI is InChI=1S/C20H34N4O.HI/c1-6-21-20(23-19-13-24(15(2)3)12-16(19)4)22-11-17-7-9-18(10-8-17)14-25-5;/h7-10,15-16,19H,6,11-14H2,1-5H3,(H2,21,22,23);1H. The Kier molecular flexibility index (Phi) is 10.5. The zero-order valence-corrected chi connectivity index (χ0v) is 19.1. The third kappa shape index (κ3) is 7.04. The molecule has 0 radical (unpaired) electrons. The fraction of sp³-hybridized carbons (Fsp3) is 0.650. The van der Waals surface area contributed by atoms with E-state index in [-0.39, 0.29) is 24.0 Å². The summed E-state index contributed by atoms with van der Waals surface area (Å²) in [6.07, 6.45) is 0. The van der Waals surface area contributed by atoms with Crippen LogP contribution in [0.4, 0.5) is 0 Å². The fourth-order valence-corrected chi connectivity index (χ4v) is 3.19. The van der Waals surface area contributed by atoms with E-state index in [0.717, 1.165) is 25.6 Å². The molecule has 1 fully saturated rings. The minimum absolute atomic E-state index is 0. The van der Waals surface area contributed by atoms with Gasteiger partial charge in [0.05, 0.1) is 13.2 Å². The molecule has 26 heavy (non-hydrogen) atoms. The lowest BCUT2D eigenvalue weighted by molar-refractivity contribution is 0.185. The largest absolute Gasteiger partial charge is 0.380 e. The molecule has 1 aliphatic rings. The summed E-state index contributed by atoms with van der Waals surface area (Å²) in [5.41, 5.74) is 2.40. The van der Waals surface area contributed by atoms with Gasteiger partial charge in [0, 0.05) is 38.8 Å². The van der Waals surface area contributed by atoms with E-state index >= 15 is 0 Å². The Hall–Kier alpha value is -0.860. The van der Waals surface area contributed by atoms with Crippen LogP contribution in [0, 0.1) is 5.92 Å². The van der Waals surface area contributed by atoms with E-state index < -0.39 is 0 Å². The zero-order valence-electron chi connectivity index (χ0n) is 16.8. The predicted molar refractivity (Wildman–Crippen MR) is 120 cm³/mol. The number of rotatable bonds is 7. The molecular weight excluding hydrogens is 439 g/mol. The molecule has 0 amide bonds. The van der Waals surface area contributed by atoms with Crippen LogP contribution in [0.2, 0.25) is 0 Å². The van der Waals surface area contributed by atoms with Crippen molar-refractivity contribution in [1.82, 2.24) is 15.5 Å². The van der Waals surface area contributed by atoms with Crippen molar-refractivity contribution in [2.45, 2.75) is 52.9 Å². The van der Waals surface area contributed by atoms with Crippen LogP contribution in [0.5, 0.6) is 0 Å². The summed E-state index contributed by atoms with van der Waals surface area (Å²) < 4.78 is 5.16. The highest BCUT2D eigenvalue weighted by molar-refractivity contribution is 14.0. The van der Waals surface area contributed by atoms with E-state index in [1.807, 2.05) is 0 Å². The van der Waals surface area contributed by atoms with Crippen LogP contribution in [0.15, 0.2) is 29.3 Å². The van der Waals surface area contributed by atoms with Crippen LogP contribution in [-0.4, -0.2) is 49.7 Å². The van der Waals surface area contributed by atoms with Crippen LogP contribution in [0.1, 0.15) is 38.8 Å². The molecule has 2 atom stereocenters. The van der Waals surface area contributed by atoms with Crippen molar-refractivity contribution in [3.8, 4) is 0 Å². The predicted octanol–water partition coefficient (Wildman–Crippen LogP) is 3.23. The van der Waals surface area contributed by atoms with Crippen LogP contribution in [0.3, 0.4) is 0 Å². The van der Waals surface area contributed by atoms with E-state index in [1.54, 1.807) is 7.11 Å². The van der Waals surface area contributed by atoms with Crippen molar-refractivity contribution in [3.05, 3.63) is 35.4 Å². The van der Waals surface area contributed by atoms with Gasteiger partial charge in [-0.2, -0.15) is 0 Å². The number of aliphatic imine (C=N–C) groups is 1. The maximum absolute atomic E-state index is 5.16. The molecule has 0 spiro atoms. The lowest BCUT2D eigenvalue weighted by atomic mass is 10.1. The second-order valence-corrected chi connectivity index (χ2v) is 7.22. The number of nitrogens with zero attached hydrogens (tertiary/aromatic N) is 2. The second kappa shape index (κ2) is 11.8. The average molecular weight is 474 g/mol. The maximum atomic E-state index is 5.16. The number of benzene rings is 1. The lowest BCUT2D eigenvalue weighted by Gasteiger charge is -2.22. The summed E-state index contributed by atoms with van der Waals surface area (Å²) in [6, 6.07) is 9.51. The minimum Gasteiger partial charge on any atom is -0.380 e. The monoisotopic (exact) mass is 474 g/mol. The summed E-state index contributed by atoms with van der Waals surface area (Å²) in [6.45, 7) is 13.4. The van der Waals surface area contributed by atoms with E-state index in [4.69, 9.17) is 9.73 Å². The highest BCUT2D eigenvalue weighted by Gasteiger charge is 2.31. The number of guanidine groups is 1. The summed E-state index contributed by atoms with van der Waals surface area (Å²) in [5, 5.41) is 7.01. The average Bonchev–Trinajstić information content (AvgIpc) is 2.95. The molecule has 2 unspecified atom stereocenters. The molecule has 148 valence electrons. The Labute approximate surface area is 176 Å². The topological polar surface area (TPSA) is 48.9 Å². The molecule has 1 heterocycles. The number of hydrogen-bond acceptors (Lipinski definition) is 3. The van der Waals surface area contributed by atoms with Gasteiger partial charge in [-0.05, 0) is 37.8 Å². The number of hydrogen-bond donors (Lipinski definition) is 2. The lowest BCUT2D eigenvalue weighted by Crippen LogP contribution is -2.46. The van der Waals surface area contributed by atoms with Gasteiger partial charge in [0.2, 0.25) is 0 Å². The first kappa shape index (κ1) is 23.2. The summed E-state index contributed by atoms with van der Waals surface area (Å²) >= 11 is 0. The van der Waals surface area contributed by atoms with Gasteiger partial charge in [0.15, 0.2) is 5.96 Å². The highest BCUT2D eigenvalue weighted by atomic mass is 127. The Morgan fingerprint density at radius 2 is 1.88 bits per heavy atom. The van der Waals surface area contributed by atoms with Gasteiger partial charge in [-0.15, -0.1) is 24.0 Å². The van der Waals surface area contributed by atoms with E-state index in [0.29, 0.717) is 31.2 Å². The van der Waals surface area contributed by atoms with Crippen molar-refractivity contribution in [2.75, 3.05) is 26.7 Å². The summed E-state index contributed by atoms with van der Waals surface area (Å²) in [4.78, 5) is 7.30. The molecule has 1 aliphatic heterocycles. The van der Waals surface area contributed by atoms with Crippen LogP contribution in [0.25, 0.3) is 0 Å². The SMILES string of the molecule is CCNC(=NCc1ccc(COC)cc1)NC1CN(C(C)C)CC1C.I. The number of nitrogens with one attached hydrogen (secondary N) is 2. The van der Waals surface area contributed by atoms with Gasteiger partial charge in [0.1, 0.15) is 0 Å². The van der Waals surface area contributed by atoms with E-state index in [2.05, 4.69) is 67.5 Å². The molecule has 5 nitrogen and oxygen atoms in total. The van der Waals surface area contributed by atoms with Crippen molar-refractivity contribution < 1.29 is 4.74 Å². The molecule has 6 heteroatoms. The summed E-state index contributed by atoms with van der Waals surface area (Å²) in [5.74, 6) is 1.53. The molecule has 1 aromatic carbocycles. The van der Waals surface area contributed by atoms with Gasteiger partial charge in [-0.3, -0.25) is 4.90 Å². The van der Waals surface area contributed by atoms with Crippen molar-refractivity contribution >= 4 is 29.9 Å². The van der Waals surface area contributed by atoms with Gasteiger partial charge in [-0.1, -0.05) is 31.2 Å². The van der Waals surface area contributed by atoms with Crippen molar-refractivity contribution in [2.24, 2.45) is 10.9 Å². The second-order valence-electron chi connectivity index (χ2n) is 7.22. The molecule has 0 saturated carbocycles. The number of methoxy groups -OCH3 is 1. The fourth-order valence-electron chi connectivity index (χ4n) is 3.19. The molecule has 0 aliphatic carbocycles. The van der Waals surface area contributed by atoms with E-state index in [9.17, 15) is 0 Å². The molecular formula is C20H35IN4O. The quantitative estimate of drug-likeness (QED) is 0.362. The number of halogens is 1. The molecule has 1 aromatic rings. The molecule has 0 aromatic heterocycles. The van der Waals surface area contributed by atoms with Crippen molar-refractivity contribution in [3.63, 3.8) is 0 Å². The Balaban J connectivity index is 0.00000338. The van der Waals surface area contributed by atoms with Crippen LogP contribution >= 0.6 is 24.0 Å².